The summed E-state index contributed by atoms with van der Waals surface area (Å²) in [5.41, 5.74) is 0. The van der Waals surface area contributed by atoms with Crippen LogP contribution in [0.25, 0.3) is 0 Å². The second-order valence-corrected chi connectivity index (χ2v) is 11.9. The lowest BCUT2D eigenvalue weighted by Gasteiger charge is -2.19. The quantitative estimate of drug-likeness (QED) is 0.167. The zero-order chi connectivity index (χ0) is 24.8. The molecule has 2 unspecified atom stereocenters. The van der Waals surface area contributed by atoms with Gasteiger partial charge in [0.2, 0.25) is 9.84 Å². The SMILES string of the molecule is C=CCOC(C)Oc1c(Br)cc(S(=O)(=O)c2cc(Br)c(OC(C)OCC=C)c(Br)c2)cc1Br. The summed E-state index contributed by atoms with van der Waals surface area (Å²) in [5, 5.41) is 0. The van der Waals surface area contributed by atoms with E-state index in [9.17, 15) is 8.42 Å². The van der Waals surface area contributed by atoms with Gasteiger partial charge in [-0.05, 0) is 102 Å². The van der Waals surface area contributed by atoms with E-state index >= 15 is 0 Å². The Bertz CT molecular complexity index is 992. The fraction of sp³-hybridized carbons (Fsp3) is 0.273. The number of rotatable bonds is 12. The highest BCUT2D eigenvalue weighted by molar-refractivity contribution is 9.11. The number of benzene rings is 2. The molecule has 0 saturated carbocycles. The molecular weight excluding hydrogens is 712 g/mol. The van der Waals surface area contributed by atoms with Crippen molar-refractivity contribution in [2.45, 2.75) is 36.2 Å². The molecule has 0 spiro atoms. The molecule has 33 heavy (non-hydrogen) atoms. The first-order valence-electron chi connectivity index (χ1n) is 9.52. The van der Waals surface area contributed by atoms with E-state index in [0.29, 0.717) is 42.6 Å². The van der Waals surface area contributed by atoms with Crippen LogP contribution in [0.2, 0.25) is 0 Å². The third kappa shape index (κ3) is 7.65. The summed E-state index contributed by atoms with van der Waals surface area (Å²) >= 11 is 13.6. The molecular formula is C22H22Br4O6S. The van der Waals surface area contributed by atoms with Gasteiger partial charge in [0.1, 0.15) is 0 Å². The van der Waals surface area contributed by atoms with Crippen LogP contribution in [0, 0.1) is 0 Å². The number of hydrogen-bond acceptors (Lipinski definition) is 6. The highest BCUT2D eigenvalue weighted by atomic mass is 79.9. The van der Waals surface area contributed by atoms with E-state index in [2.05, 4.69) is 76.9 Å². The van der Waals surface area contributed by atoms with Crippen molar-refractivity contribution in [2.75, 3.05) is 13.2 Å². The first kappa shape index (κ1) is 28.5. The van der Waals surface area contributed by atoms with Crippen LogP contribution in [0.1, 0.15) is 13.8 Å². The van der Waals surface area contributed by atoms with Gasteiger partial charge in [0, 0.05) is 0 Å². The molecule has 6 nitrogen and oxygen atoms in total. The molecule has 0 N–H and O–H groups in total. The first-order valence-corrected chi connectivity index (χ1v) is 14.2. The lowest BCUT2D eigenvalue weighted by Crippen LogP contribution is -2.17. The summed E-state index contributed by atoms with van der Waals surface area (Å²) in [6.07, 6.45) is 2.10. The van der Waals surface area contributed by atoms with E-state index in [1.807, 2.05) is 0 Å². The van der Waals surface area contributed by atoms with Crippen molar-refractivity contribution in [3.63, 3.8) is 0 Å². The van der Waals surface area contributed by atoms with Crippen LogP contribution in [0.3, 0.4) is 0 Å². The zero-order valence-corrected chi connectivity index (χ0v) is 25.0. The second kappa shape index (κ2) is 12.9. The Labute approximate surface area is 227 Å². The van der Waals surface area contributed by atoms with Crippen LogP contribution in [-0.2, 0) is 19.3 Å². The van der Waals surface area contributed by atoms with Gasteiger partial charge in [0.05, 0.1) is 40.9 Å². The van der Waals surface area contributed by atoms with E-state index in [0.717, 1.165) is 0 Å². The maximum atomic E-state index is 13.4. The molecule has 180 valence electrons. The lowest BCUT2D eigenvalue weighted by molar-refractivity contribution is -0.0559. The summed E-state index contributed by atoms with van der Waals surface area (Å²) in [5.74, 6) is 0.843. The van der Waals surface area contributed by atoms with Gasteiger partial charge in [-0.15, -0.1) is 13.2 Å². The van der Waals surface area contributed by atoms with Crippen LogP contribution >= 0.6 is 63.7 Å². The fourth-order valence-electron chi connectivity index (χ4n) is 2.55. The number of sulfone groups is 1. The molecule has 2 aromatic rings. The van der Waals surface area contributed by atoms with Gasteiger partial charge in [0.25, 0.3) is 0 Å². The molecule has 0 aliphatic carbocycles. The van der Waals surface area contributed by atoms with Gasteiger partial charge in [-0.25, -0.2) is 8.42 Å². The molecule has 0 saturated heterocycles. The molecule has 0 radical (unpaired) electrons. The van der Waals surface area contributed by atoms with E-state index in [-0.39, 0.29) is 9.79 Å². The van der Waals surface area contributed by atoms with Gasteiger partial charge in [-0.3, -0.25) is 0 Å². The van der Waals surface area contributed by atoms with Crippen LogP contribution in [0.15, 0.2) is 77.3 Å². The Kier molecular flexibility index (Phi) is 11.1. The molecule has 0 fully saturated rings. The average molecular weight is 734 g/mol. The smallest absolute Gasteiger partial charge is 0.206 e. The van der Waals surface area contributed by atoms with Crippen molar-refractivity contribution in [3.05, 3.63) is 67.5 Å². The largest absolute Gasteiger partial charge is 0.463 e. The lowest BCUT2D eigenvalue weighted by atomic mass is 10.3. The number of halogens is 4. The van der Waals surface area contributed by atoms with Crippen LogP contribution in [-0.4, -0.2) is 34.2 Å². The zero-order valence-electron chi connectivity index (χ0n) is 17.8. The second-order valence-electron chi connectivity index (χ2n) is 6.55. The number of ether oxygens (including phenoxy) is 4. The number of hydrogen-bond donors (Lipinski definition) is 0. The standard InChI is InChI=1S/C22H22Br4O6S/c1-5-7-29-13(3)31-21-17(23)9-15(10-18(21)24)33(27,28)16-11-19(25)22(20(26)12-16)32-14(4)30-8-6-2/h5-6,9-14H,1-2,7-8H2,3-4H3. The predicted molar refractivity (Wildman–Crippen MR) is 142 cm³/mol. The topological polar surface area (TPSA) is 71.1 Å². The van der Waals surface area contributed by atoms with Gasteiger partial charge >= 0.3 is 0 Å². The van der Waals surface area contributed by atoms with Crippen LogP contribution < -0.4 is 9.47 Å². The molecule has 0 heterocycles. The normalized spacial score (nSPS) is 13.3. The van der Waals surface area contributed by atoms with Gasteiger partial charge in [0.15, 0.2) is 24.1 Å². The minimum absolute atomic E-state index is 0.0726. The van der Waals surface area contributed by atoms with Crippen LogP contribution in [0.4, 0.5) is 0 Å². The molecule has 0 amide bonds. The molecule has 0 aromatic heterocycles. The van der Waals surface area contributed by atoms with Crippen molar-refractivity contribution < 1.29 is 27.4 Å². The summed E-state index contributed by atoms with van der Waals surface area (Å²) in [6, 6.07) is 5.92. The summed E-state index contributed by atoms with van der Waals surface area (Å²) in [7, 11) is -3.87. The Morgan fingerprint density at radius 1 is 0.758 bits per heavy atom. The van der Waals surface area contributed by atoms with Crippen molar-refractivity contribution in [1.29, 1.82) is 0 Å². The van der Waals surface area contributed by atoms with Gasteiger partial charge in [-0.2, -0.15) is 0 Å². The first-order chi connectivity index (χ1) is 15.5. The average Bonchev–Trinajstić information content (AvgIpc) is 2.75. The van der Waals surface area contributed by atoms with Gasteiger partial charge in [-0.1, -0.05) is 12.2 Å². The summed E-state index contributed by atoms with van der Waals surface area (Å²) in [4.78, 5) is 0.145. The molecule has 2 rings (SSSR count). The van der Waals surface area contributed by atoms with Crippen molar-refractivity contribution in [2.24, 2.45) is 0 Å². The maximum Gasteiger partial charge on any atom is 0.206 e. The van der Waals surface area contributed by atoms with Crippen molar-refractivity contribution in [3.8, 4) is 11.5 Å². The highest BCUT2D eigenvalue weighted by Crippen LogP contribution is 2.41. The van der Waals surface area contributed by atoms with Crippen LogP contribution in [0.5, 0.6) is 11.5 Å². The highest BCUT2D eigenvalue weighted by Gasteiger charge is 2.25. The molecule has 2 atom stereocenters. The van der Waals surface area contributed by atoms with E-state index in [1.54, 1.807) is 26.0 Å². The Balaban J connectivity index is 2.36. The molecule has 11 heteroatoms. The molecule has 0 bridgehead atoms. The van der Waals surface area contributed by atoms with Crippen molar-refractivity contribution in [1.82, 2.24) is 0 Å². The Morgan fingerprint density at radius 2 is 1.06 bits per heavy atom. The fourth-order valence-corrected chi connectivity index (χ4v) is 7.27. The third-order valence-electron chi connectivity index (χ3n) is 4.03. The molecule has 0 aliphatic heterocycles. The monoisotopic (exact) mass is 730 g/mol. The minimum atomic E-state index is -3.87. The van der Waals surface area contributed by atoms with E-state index in [1.165, 1.54) is 24.3 Å². The molecule has 0 aliphatic rings. The van der Waals surface area contributed by atoms with Gasteiger partial charge < -0.3 is 18.9 Å². The van der Waals surface area contributed by atoms with Crippen molar-refractivity contribution >= 4 is 73.6 Å². The van der Waals surface area contributed by atoms with E-state index in [4.69, 9.17) is 18.9 Å². The Morgan fingerprint density at radius 3 is 1.33 bits per heavy atom. The minimum Gasteiger partial charge on any atom is -0.463 e. The Hall–Kier alpha value is -0.690. The predicted octanol–water partition coefficient (Wildman–Crippen LogP) is 7.42. The summed E-state index contributed by atoms with van der Waals surface area (Å²) < 4.78 is 50.9. The summed E-state index contributed by atoms with van der Waals surface area (Å²) in [6.45, 7) is 11.3. The third-order valence-corrected chi connectivity index (χ3v) is 8.10. The van der Waals surface area contributed by atoms with E-state index < -0.39 is 22.4 Å². The maximum absolute atomic E-state index is 13.4. The molecule has 2 aromatic carbocycles.